The summed E-state index contributed by atoms with van der Waals surface area (Å²) in [6.45, 7) is 12.4. The molecule has 0 unspecified atom stereocenters. The molecule has 0 aliphatic carbocycles. The van der Waals surface area contributed by atoms with Gasteiger partial charge in [0.1, 0.15) is 0 Å². The molecule has 0 amide bonds. The Morgan fingerprint density at radius 2 is 1.61 bits per heavy atom. The van der Waals surface area contributed by atoms with Crippen molar-refractivity contribution in [3.8, 4) is 0 Å². The van der Waals surface area contributed by atoms with Gasteiger partial charge < -0.3 is 0 Å². The monoisotopic (exact) mass is 246 g/mol. The topological polar surface area (TPSA) is 26.4 Å². The zero-order valence-electron chi connectivity index (χ0n) is 12.1. The first-order chi connectivity index (χ1) is 8.14. The van der Waals surface area contributed by atoms with Crippen molar-refractivity contribution in [3.63, 3.8) is 0 Å². The number of fused-ring (bicyclic) bond motifs is 1. The minimum atomic E-state index is -0.231. The van der Waals surface area contributed by atoms with E-state index in [1.165, 1.54) is 0 Å². The normalized spacial score (nSPS) is 13.2. The number of aromatic nitrogens is 2. The van der Waals surface area contributed by atoms with Crippen LogP contribution in [-0.2, 0) is 11.0 Å². The zero-order valence-corrected chi connectivity index (χ0v) is 12.1. The molecule has 0 N–H and O–H groups in total. The molecule has 2 rings (SSSR count). The van der Waals surface area contributed by atoms with Gasteiger partial charge in [-0.05, 0) is 38.3 Å². The number of pyridine rings is 1. The summed E-state index contributed by atoms with van der Waals surface area (Å²) >= 11 is 0. The fourth-order valence-corrected chi connectivity index (χ4v) is 2.45. The molecule has 0 spiro atoms. The maximum absolute atomic E-state index is 12.7. The molecule has 2 aromatic rings. The highest BCUT2D eigenvalue weighted by Gasteiger charge is 2.28. The molecule has 0 aliphatic heterocycles. The lowest BCUT2D eigenvalue weighted by atomic mass is 9.88. The molecule has 18 heavy (non-hydrogen) atoms. The Kier molecular flexibility index (Phi) is 2.69. The Morgan fingerprint density at radius 3 is 2.11 bits per heavy atom. The molecule has 0 atom stereocenters. The van der Waals surface area contributed by atoms with E-state index < -0.39 is 0 Å². The van der Waals surface area contributed by atoms with Gasteiger partial charge in [-0.25, -0.2) is 4.68 Å². The van der Waals surface area contributed by atoms with Gasteiger partial charge in [0, 0.05) is 11.8 Å². The molecule has 3 nitrogen and oxygen atoms in total. The molecule has 0 radical (unpaired) electrons. The lowest BCUT2D eigenvalue weighted by molar-refractivity contribution is 0.328. The Balaban J connectivity index is 2.99. The number of rotatable bonds is 0. The summed E-state index contributed by atoms with van der Waals surface area (Å²) in [4.78, 5) is 12.7. The van der Waals surface area contributed by atoms with Gasteiger partial charge >= 0.3 is 0 Å². The van der Waals surface area contributed by atoms with Crippen molar-refractivity contribution in [2.45, 2.75) is 52.5 Å². The highest BCUT2D eigenvalue weighted by molar-refractivity contribution is 5.56. The fraction of sp³-hybridized carbons (Fsp3) is 0.533. The lowest BCUT2D eigenvalue weighted by Gasteiger charge is -2.21. The van der Waals surface area contributed by atoms with Crippen LogP contribution < -0.4 is 5.56 Å². The summed E-state index contributed by atoms with van der Waals surface area (Å²) in [6.07, 6.45) is 1.96. The van der Waals surface area contributed by atoms with Crippen LogP contribution in [0.25, 0.3) is 5.52 Å². The van der Waals surface area contributed by atoms with Gasteiger partial charge in [-0.2, -0.15) is 0 Å². The molecule has 3 heteroatoms. The maximum atomic E-state index is 12.7. The summed E-state index contributed by atoms with van der Waals surface area (Å²) < 4.78 is 3.81. The first-order valence-electron chi connectivity index (χ1n) is 6.37. The van der Waals surface area contributed by atoms with Crippen molar-refractivity contribution in [3.05, 3.63) is 40.3 Å². The van der Waals surface area contributed by atoms with E-state index in [2.05, 4.69) is 41.5 Å². The Morgan fingerprint density at radius 1 is 1.00 bits per heavy atom. The third kappa shape index (κ3) is 1.88. The molecular weight excluding hydrogens is 224 g/mol. The SMILES string of the molecule is CC(C)(C)c1c(=O)n(C(C)(C)C)n2ccccc12. The molecule has 0 saturated carbocycles. The molecule has 0 aliphatic rings. The minimum Gasteiger partial charge on any atom is -0.267 e. The standard InChI is InChI=1S/C15H22N2O/c1-14(2,3)12-11-9-7-8-10-16(11)17(13(12)18)15(4,5)6/h7-10H,1-6H3. The Hall–Kier alpha value is -1.51. The second-order valence-corrected chi connectivity index (χ2v) is 6.84. The third-order valence-electron chi connectivity index (χ3n) is 3.10. The summed E-state index contributed by atoms with van der Waals surface area (Å²) in [5, 5.41) is 0. The van der Waals surface area contributed by atoms with Crippen LogP contribution in [0.5, 0.6) is 0 Å². The first-order valence-corrected chi connectivity index (χ1v) is 6.37. The van der Waals surface area contributed by atoms with Crippen LogP contribution in [-0.4, -0.2) is 9.20 Å². The quantitative estimate of drug-likeness (QED) is 0.701. The Bertz CT molecular complexity index is 579. The number of hydrogen-bond donors (Lipinski definition) is 0. The average Bonchev–Trinajstić information content (AvgIpc) is 2.47. The second-order valence-electron chi connectivity index (χ2n) is 6.84. The second kappa shape index (κ2) is 3.74. The van der Waals surface area contributed by atoms with Gasteiger partial charge in [-0.1, -0.05) is 26.8 Å². The van der Waals surface area contributed by atoms with Gasteiger partial charge in [-0.15, -0.1) is 0 Å². The van der Waals surface area contributed by atoms with E-state index in [9.17, 15) is 4.79 Å². The van der Waals surface area contributed by atoms with E-state index in [1.54, 1.807) is 0 Å². The average molecular weight is 246 g/mol. The highest BCUT2D eigenvalue weighted by atomic mass is 16.1. The molecule has 0 aromatic carbocycles. The van der Waals surface area contributed by atoms with Crippen molar-refractivity contribution in [1.29, 1.82) is 0 Å². The van der Waals surface area contributed by atoms with Gasteiger partial charge in [-0.3, -0.25) is 9.31 Å². The fourth-order valence-electron chi connectivity index (χ4n) is 2.45. The van der Waals surface area contributed by atoms with Crippen LogP contribution >= 0.6 is 0 Å². The smallest absolute Gasteiger partial charge is 0.267 e. The van der Waals surface area contributed by atoms with Crippen LogP contribution in [0.3, 0.4) is 0 Å². The Labute approximate surface area is 108 Å². The third-order valence-corrected chi connectivity index (χ3v) is 3.10. The van der Waals surface area contributed by atoms with Crippen molar-refractivity contribution in [2.24, 2.45) is 0 Å². The van der Waals surface area contributed by atoms with Gasteiger partial charge in [0.15, 0.2) is 0 Å². The minimum absolute atomic E-state index is 0.112. The first kappa shape index (κ1) is 12.9. The van der Waals surface area contributed by atoms with E-state index >= 15 is 0 Å². The van der Waals surface area contributed by atoms with Crippen LogP contribution in [0.1, 0.15) is 47.1 Å². The van der Waals surface area contributed by atoms with Crippen molar-refractivity contribution < 1.29 is 0 Å². The van der Waals surface area contributed by atoms with Crippen LogP contribution in [0.15, 0.2) is 29.2 Å². The molecule has 98 valence electrons. The van der Waals surface area contributed by atoms with E-state index in [1.807, 2.05) is 33.6 Å². The van der Waals surface area contributed by atoms with E-state index in [0.717, 1.165) is 11.1 Å². The zero-order chi connectivity index (χ0) is 13.7. The highest BCUT2D eigenvalue weighted by Crippen LogP contribution is 2.26. The maximum Gasteiger partial charge on any atom is 0.271 e. The number of hydrogen-bond acceptors (Lipinski definition) is 1. The molecule has 0 saturated heterocycles. The number of nitrogens with zero attached hydrogens (tertiary/aromatic N) is 2. The summed E-state index contributed by atoms with van der Waals surface area (Å²) in [7, 11) is 0. The van der Waals surface area contributed by atoms with Crippen LogP contribution in [0.4, 0.5) is 0 Å². The molecule has 0 fully saturated rings. The van der Waals surface area contributed by atoms with Crippen LogP contribution in [0.2, 0.25) is 0 Å². The van der Waals surface area contributed by atoms with Gasteiger partial charge in [0.25, 0.3) is 5.56 Å². The molecular formula is C15H22N2O. The largest absolute Gasteiger partial charge is 0.271 e. The molecule has 0 bridgehead atoms. The summed E-state index contributed by atoms with van der Waals surface area (Å²) in [6, 6.07) is 5.96. The van der Waals surface area contributed by atoms with E-state index in [0.29, 0.717) is 0 Å². The lowest BCUT2D eigenvalue weighted by Crippen LogP contribution is -2.36. The van der Waals surface area contributed by atoms with E-state index in [4.69, 9.17) is 0 Å². The summed E-state index contributed by atoms with van der Waals surface area (Å²) in [5.41, 5.74) is 1.62. The van der Waals surface area contributed by atoms with Crippen LogP contribution in [0, 0.1) is 0 Å². The van der Waals surface area contributed by atoms with Gasteiger partial charge in [0.05, 0.1) is 11.1 Å². The molecule has 2 aromatic heterocycles. The van der Waals surface area contributed by atoms with Crippen molar-refractivity contribution >= 4 is 5.52 Å². The summed E-state index contributed by atoms with van der Waals surface area (Å²) in [5.74, 6) is 0. The predicted octanol–water partition coefficient (Wildman–Crippen LogP) is 3.15. The predicted molar refractivity (Wildman–Crippen MR) is 75.4 cm³/mol. The van der Waals surface area contributed by atoms with E-state index in [-0.39, 0.29) is 16.5 Å². The molecule has 2 heterocycles. The van der Waals surface area contributed by atoms with Crippen molar-refractivity contribution in [1.82, 2.24) is 9.20 Å². The van der Waals surface area contributed by atoms with Crippen molar-refractivity contribution in [2.75, 3.05) is 0 Å². The van der Waals surface area contributed by atoms with Gasteiger partial charge in [0.2, 0.25) is 0 Å².